The summed E-state index contributed by atoms with van der Waals surface area (Å²) >= 11 is 0. The van der Waals surface area contributed by atoms with Crippen molar-refractivity contribution >= 4 is 58.7 Å². The molecular formula is C86H127N3O21. The Labute approximate surface area is 651 Å². The molecule has 4 aliphatic heterocycles. The molecular weight excluding hydrogens is 1410 g/mol. The molecule has 2 bridgehead atoms. The molecule has 8 rings (SSSR count). The van der Waals surface area contributed by atoms with Crippen LogP contribution >= 0.6 is 0 Å². The number of cyclic esters (lactones) is 2. The van der Waals surface area contributed by atoms with Crippen molar-refractivity contribution in [1.29, 1.82) is 0 Å². The number of ether oxygens (including phenoxy) is 8. The van der Waals surface area contributed by atoms with Crippen molar-refractivity contribution in [3.05, 3.63) is 81.9 Å². The largest absolute Gasteiger partial charge is 0.504 e. The molecule has 17 atom stereocenters. The van der Waals surface area contributed by atoms with Gasteiger partial charge in [0.25, 0.3) is 11.7 Å². The average Bonchev–Trinajstić information content (AvgIpc) is 1.18. The Hall–Kier alpha value is -6.80. The van der Waals surface area contributed by atoms with Gasteiger partial charge in [0.05, 0.1) is 29.8 Å². The fourth-order valence-corrected chi connectivity index (χ4v) is 18.3. The molecule has 0 aromatic carbocycles. The van der Waals surface area contributed by atoms with Gasteiger partial charge >= 0.3 is 23.9 Å². The van der Waals surface area contributed by atoms with Crippen LogP contribution in [0.2, 0.25) is 0 Å². The third-order valence-corrected chi connectivity index (χ3v) is 25.3. The predicted octanol–water partition coefficient (Wildman–Crippen LogP) is 11.2. The number of carbonyl (C=O) groups excluding carboxylic acids is 10. The number of amides is 1. The minimum atomic E-state index is -2.49. The van der Waals surface area contributed by atoms with Crippen molar-refractivity contribution in [2.75, 3.05) is 68.7 Å². The van der Waals surface area contributed by atoms with Gasteiger partial charge in [0, 0.05) is 126 Å². The maximum atomic E-state index is 14.8. The van der Waals surface area contributed by atoms with Crippen LogP contribution in [0.1, 0.15) is 217 Å². The van der Waals surface area contributed by atoms with Crippen molar-refractivity contribution in [3.63, 3.8) is 0 Å². The van der Waals surface area contributed by atoms with Crippen LogP contribution in [0.5, 0.6) is 0 Å². The van der Waals surface area contributed by atoms with Crippen molar-refractivity contribution < 1.29 is 101 Å². The normalized spacial score (nSPS) is 36.4. The molecule has 5 fully saturated rings. The first-order valence-electron chi connectivity index (χ1n) is 40.4. The molecule has 110 heavy (non-hydrogen) atoms. The highest BCUT2D eigenvalue weighted by atomic mass is 16.6. The molecule has 1 amide bonds. The molecule has 8 aliphatic rings. The summed E-state index contributed by atoms with van der Waals surface area (Å²) in [6.45, 7) is 18.9. The second-order valence-electron chi connectivity index (χ2n) is 33.9. The number of Topliss-reactive ketones (excluding diaryl/α,β-unsaturated/α-hetero) is 5. The van der Waals surface area contributed by atoms with E-state index < -0.39 is 136 Å². The van der Waals surface area contributed by atoms with Gasteiger partial charge in [-0.05, 0) is 179 Å². The number of unbranched alkanes of at least 4 members (excludes halogenated alkanes) is 3. The summed E-state index contributed by atoms with van der Waals surface area (Å²) in [5, 5.41) is 36.3. The maximum Gasteiger partial charge on any atom is 0.340 e. The van der Waals surface area contributed by atoms with Crippen LogP contribution in [0.4, 0.5) is 0 Å². The average molecular weight is 1540 g/mol. The van der Waals surface area contributed by atoms with Gasteiger partial charge in [-0.1, -0.05) is 90.8 Å². The monoisotopic (exact) mass is 1540 g/mol. The van der Waals surface area contributed by atoms with E-state index in [9.17, 15) is 63.3 Å². The standard InChI is InChI=1S/C86H127N3O21/c1-51-27-20-19-21-28-52(2)65(104-15)46-60-35-32-56(6)86(102,110-60)78(97)80(98)89-42-25-24-29-63(89)82(100)108-66(47-64(90)53(3)44-57(7)85(10,101)79(105-16)75(94)55(5)43-51)54(4)45-58-33-36-59(37-34-58)106-70(92)30-22-17-18-23-31-71(93)107-67-48-83(8)62(38-39-68(83)91)72-74(67)84(9)69(50-103-14)109-81(99)61(73(84)77(96)76(72)95)49-88(13)41-26-40-87(11)12/h19-21,27-28,44,49,51,53-56,58-60,62-63,65-67,69,79,96,101-102H,17-18,22-26,29-43,45-48,50H2,1-16H3/b21-19+,27-20+,52-28+,57-44+,61-49+/t51-,53-,54-,55-,56-,58?,59?,60+,62+,63+,65+,66+,67-,69-,79+,83+,84+,85+,86-/m1/s1. The fourth-order valence-electron chi connectivity index (χ4n) is 18.3. The number of aliphatic hydroxyl groups is 3. The summed E-state index contributed by atoms with van der Waals surface area (Å²) in [6.07, 6.45) is 16.1. The zero-order valence-corrected chi connectivity index (χ0v) is 68.3. The molecule has 612 valence electrons. The third kappa shape index (κ3) is 20.6. The summed E-state index contributed by atoms with van der Waals surface area (Å²) < 4.78 is 48.4. The number of fused-ring (bicyclic) bond motifs is 7. The molecule has 0 radical (unpaired) electrons. The lowest BCUT2D eigenvalue weighted by Gasteiger charge is -2.53. The SMILES string of the molecule is COC[C@H]1OC(=O)/C(=C/N(C)CCCN(C)C)C2=C(O)C(=O)C3=C([C@H](OC(=O)CCCCCCC(=O)OC4CCC(C[C@@H](C)[C@@H]5CC(=O)[C@H](C)/C=C(\C)[C@](C)(O)[C@@H](OC)C(=O)[C@H](C)C[C@H](C)/C=C/C=C/C=C(\C)[C@@H](OC)C[C@@H]6CC[C@@H](C)[C@@](O)(O6)C(=O)C(=O)N6CCCC[C@H]6C(=O)O5)CC4)C[C@]4(C)C(=O)CC[C@@H]34)[C@]21C. The molecule has 3 N–H and O–H groups in total. The van der Waals surface area contributed by atoms with Gasteiger partial charge in [-0.15, -0.1) is 0 Å². The van der Waals surface area contributed by atoms with Crippen molar-refractivity contribution in [1.82, 2.24) is 14.7 Å². The van der Waals surface area contributed by atoms with Gasteiger partial charge in [-0.25, -0.2) is 9.59 Å². The van der Waals surface area contributed by atoms with Crippen molar-refractivity contribution in [3.8, 4) is 0 Å². The van der Waals surface area contributed by atoms with Gasteiger partial charge in [-0.3, -0.25) is 38.4 Å². The highest BCUT2D eigenvalue weighted by Crippen LogP contribution is 2.62. The van der Waals surface area contributed by atoms with E-state index >= 15 is 0 Å². The molecule has 24 heteroatoms. The van der Waals surface area contributed by atoms with E-state index in [2.05, 4.69) is 0 Å². The number of rotatable bonds is 21. The van der Waals surface area contributed by atoms with E-state index in [0.717, 1.165) is 18.5 Å². The second kappa shape index (κ2) is 38.8. The van der Waals surface area contributed by atoms with Gasteiger partial charge in [-0.2, -0.15) is 0 Å². The minimum absolute atomic E-state index is 0.00697. The zero-order valence-electron chi connectivity index (χ0n) is 68.3. The van der Waals surface area contributed by atoms with Crippen molar-refractivity contribution in [2.45, 2.75) is 277 Å². The number of nitrogens with zero attached hydrogens (tertiary/aromatic N) is 3. The Kier molecular flexibility index (Phi) is 31.3. The van der Waals surface area contributed by atoms with E-state index in [-0.39, 0.29) is 116 Å². The van der Waals surface area contributed by atoms with E-state index in [1.165, 1.54) is 26.0 Å². The Morgan fingerprint density at radius 3 is 2.11 bits per heavy atom. The Bertz CT molecular complexity index is 3590. The summed E-state index contributed by atoms with van der Waals surface area (Å²) in [4.78, 5) is 148. The second-order valence-corrected chi connectivity index (χ2v) is 33.9. The summed E-state index contributed by atoms with van der Waals surface area (Å²) in [6, 6.07) is -1.21. The number of aliphatic hydroxyl groups excluding tert-OH is 1. The van der Waals surface area contributed by atoms with Crippen molar-refractivity contribution in [2.24, 2.45) is 52.3 Å². The molecule has 0 aromatic heterocycles. The highest BCUT2D eigenvalue weighted by molar-refractivity contribution is 6.39. The zero-order chi connectivity index (χ0) is 80.9. The molecule has 24 nitrogen and oxygen atoms in total. The molecule has 4 heterocycles. The predicted molar refractivity (Wildman–Crippen MR) is 411 cm³/mol. The number of ketones is 5. The lowest BCUT2D eigenvalue weighted by Crippen LogP contribution is -2.61. The van der Waals surface area contributed by atoms with Crippen LogP contribution in [-0.2, 0) is 85.8 Å². The smallest absolute Gasteiger partial charge is 0.340 e. The molecule has 0 aromatic rings. The van der Waals surface area contributed by atoms with Crippen LogP contribution in [-0.4, -0.2) is 218 Å². The topological polar surface area (TPSA) is 315 Å². The van der Waals surface area contributed by atoms with E-state index in [4.69, 9.17) is 37.9 Å². The van der Waals surface area contributed by atoms with Crippen LogP contribution in [0, 0.1) is 52.3 Å². The molecule has 0 spiro atoms. The molecule has 0 unspecified atom stereocenters. The summed E-state index contributed by atoms with van der Waals surface area (Å²) in [5.74, 6) is -12.2. The highest BCUT2D eigenvalue weighted by Gasteiger charge is 2.65. The quantitative estimate of drug-likeness (QED) is 0.0240. The number of esters is 4. The lowest BCUT2D eigenvalue weighted by molar-refractivity contribution is -0.265. The van der Waals surface area contributed by atoms with Crippen LogP contribution in [0.15, 0.2) is 81.9 Å². The first kappa shape index (κ1) is 88.8. The summed E-state index contributed by atoms with van der Waals surface area (Å²) in [7, 11) is 10.1. The number of methoxy groups -OCH3 is 3. The van der Waals surface area contributed by atoms with E-state index in [1.54, 1.807) is 68.0 Å². The number of hydrogen-bond donors (Lipinski definition) is 3. The fraction of sp³-hybridized carbons (Fsp3) is 0.721. The van der Waals surface area contributed by atoms with E-state index in [0.29, 0.717) is 114 Å². The van der Waals surface area contributed by atoms with Crippen LogP contribution in [0.3, 0.4) is 0 Å². The third-order valence-electron chi connectivity index (χ3n) is 25.3. The summed E-state index contributed by atoms with van der Waals surface area (Å²) in [5.41, 5.74) is -2.36. The van der Waals surface area contributed by atoms with Crippen LogP contribution in [0.25, 0.3) is 0 Å². The van der Waals surface area contributed by atoms with E-state index in [1.807, 2.05) is 75.0 Å². The van der Waals surface area contributed by atoms with Gasteiger partial charge < -0.3 is 67.9 Å². The number of carbonyl (C=O) groups is 10. The first-order valence-corrected chi connectivity index (χ1v) is 40.4. The number of allylic oxidation sites excluding steroid dienone is 7. The molecule has 4 aliphatic carbocycles. The van der Waals surface area contributed by atoms with Gasteiger partial charge in [0.1, 0.15) is 53.7 Å². The lowest BCUT2D eigenvalue weighted by atomic mass is 9.53. The Morgan fingerprint density at radius 1 is 0.773 bits per heavy atom. The first-order chi connectivity index (χ1) is 52.0. The van der Waals surface area contributed by atoms with Gasteiger partial charge in [0.15, 0.2) is 11.5 Å². The maximum absolute atomic E-state index is 14.8. The van der Waals surface area contributed by atoms with Crippen LogP contribution < -0.4 is 0 Å². The number of piperidine rings is 1. The molecule has 3 saturated heterocycles. The Balaban J connectivity index is 0.897. The molecule has 2 saturated carbocycles. The van der Waals surface area contributed by atoms with Gasteiger partial charge in [0.2, 0.25) is 11.6 Å². The Morgan fingerprint density at radius 2 is 1.45 bits per heavy atom. The minimum Gasteiger partial charge on any atom is -0.504 e. The number of hydrogen-bond acceptors (Lipinski definition) is 23.